The Morgan fingerprint density at radius 3 is 2.61 bits per heavy atom. The van der Waals surface area contributed by atoms with E-state index in [4.69, 9.17) is 10.9 Å². The Balaban J connectivity index is 2.71. The fourth-order valence-corrected chi connectivity index (χ4v) is 3.28. The maximum Gasteiger partial charge on any atom is 0.234 e. The fraction of sp³-hybridized carbons (Fsp3) is 0.818. The van der Waals surface area contributed by atoms with E-state index in [1.165, 1.54) is 0 Å². The Labute approximate surface area is 109 Å². The zero-order valence-corrected chi connectivity index (χ0v) is 11.8. The molecule has 0 radical (unpaired) electrons. The van der Waals surface area contributed by atoms with Crippen LogP contribution in [0.5, 0.6) is 0 Å². The third-order valence-electron chi connectivity index (χ3n) is 3.29. The molecule has 0 aromatic heterocycles. The molecule has 6 nitrogen and oxygen atoms in total. The van der Waals surface area contributed by atoms with Gasteiger partial charge in [-0.05, 0) is 25.7 Å². The maximum atomic E-state index is 12.2. The standard InChI is InChI=1S/C11H21N3O3S/c1-7-4-11(5-7,9(12)14-16)10(15)13-8(2)6-18(3)17/h7-8,16H,4-6H2,1-3H3,(H2,12,14)(H,13,15). The van der Waals surface area contributed by atoms with Crippen molar-refractivity contribution in [2.75, 3.05) is 12.0 Å². The molecule has 1 amide bonds. The average molecular weight is 275 g/mol. The molecule has 0 heterocycles. The Morgan fingerprint density at radius 1 is 1.67 bits per heavy atom. The number of hydrogen-bond donors (Lipinski definition) is 3. The summed E-state index contributed by atoms with van der Waals surface area (Å²) in [6.07, 6.45) is 2.75. The third kappa shape index (κ3) is 3.01. The van der Waals surface area contributed by atoms with Gasteiger partial charge in [0, 0.05) is 28.9 Å². The van der Waals surface area contributed by atoms with Gasteiger partial charge >= 0.3 is 0 Å². The minimum absolute atomic E-state index is 0.0390. The van der Waals surface area contributed by atoms with E-state index in [1.54, 1.807) is 13.2 Å². The molecule has 18 heavy (non-hydrogen) atoms. The molecule has 2 atom stereocenters. The van der Waals surface area contributed by atoms with Gasteiger partial charge in [0.2, 0.25) is 5.91 Å². The van der Waals surface area contributed by atoms with Crippen molar-refractivity contribution >= 4 is 22.5 Å². The lowest BCUT2D eigenvalue weighted by Gasteiger charge is -2.44. The minimum atomic E-state index is -0.968. The molecule has 0 spiro atoms. The highest BCUT2D eigenvalue weighted by Gasteiger charge is 2.52. The predicted molar refractivity (Wildman–Crippen MR) is 70.8 cm³/mol. The molecule has 104 valence electrons. The molecule has 1 aliphatic carbocycles. The second-order valence-corrected chi connectivity index (χ2v) is 6.67. The van der Waals surface area contributed by atoms with Crippen LogP contribution in [0.2, 0.25) is 0 Å². The summed E-state index contributed by atoms with van der Waals surface area (Å²) in [7, 11) is -0.968. The van der Waals surface area contributed by atoms with Crippen LogP contribution in [0.15, 0.2) is 5.16 Å². The van der Waals surface area contributed by atoms with Crippen LogP contribution < -0.4 is 11.1 Å². The SMILES string of the molecule is CC1CC(C(=O)NC(C)CS(C)=O)(C(N)=NO)C1. The largest absolute Gasteiger partial charge is 0.409 e. The van der Waals surface area contributed by atoms with Crippen molar-refractivity contribution in [1.29, 1.82) is 0 Å². The lowest BCUT2D eigenvalue weighted by atomic mass is 9.61. The molecule has 0 aliphatic heterocycles. The first kappa shape index (κ1) is 14.9. The summed E-state index contributed by atoms with van der Waals surface area (Å²) in [6.45, 7) is 3.81. The second kappa shape index (κ2) is 5.69. The van der Waals surface area contributed by atoms with Crippen LogP contribution in [0.1, 0.15) is 26.7 Å². The Kier molecular flexibility index (Phi) is 4.72. The molecule has 0 aromatic carbocycles. The summed E-state index contributed by atoms with van der Waals surface area (Å²) in [5, 5.41) is 14.6. The van der Waals surface area contributed by atoms with Gasteiger partial charge in [-0.25, -0.2) is 0 Å². The number of oxime groups is 1. The first-order valence-corrected chi connectivity index (χ1v) is 7.63. The summed E-state index contributed by atoms with van der Waals surface area (Å²) in [5.41, 5.74) is 4.74. The van der Waals surface area contributed by atoms with E-state index in [1.807, 2.05) is 6.92 Å². The van der Waals surface area contributed by atoms with Gasteiger partial charge in [0.1, 0.15) is 5.41 Å². The molecule has 7 heteroatoms. The Bertz CT molecular complexity index is 378. The van der Waals surface area contributed by atoms with Crippen LogP contribution in [0.3, 0.4) is 0 Å². The van der Waals surface area contributed by atoms with Gasteiger partial charge in [-0.3, -0.25) is 9.00 Å². The highest BCUT2D eigenvalue weighted by molar-refractivity contribution is 7.84. The lowest BCUT2D eigenvalue weighted by molar-refractivity contribution is -0.133. The van der Waals surface area contributed by atoms with Crippen molar-refractivity contribution in [2.45, 2.75) is 32.7 Å². The number of amides is 1. The van der Waals surface area contributed by atoms with Crippen molar-refractivity contribution in [3.8, 4) is 0 Å². The fourth-order valence-electron chi connectivity index (χ4n) is 2.49. The van der Waals surface area contributed by atoms with Crippen LogP contribution in [0.4, 0.5) is 0 Å². The summed E-state index contributed by atoms with van der Waals surface area (Å²) >= 11 is 0. The van der Waals surface area contributed by atoms with Gasteiger partial charge in [0.15, 0.2) is 5.84 Å². The highest BCUT2D eigenvalue weighted by Crippen LogP contribution is 2.45. The summed E-state index contributed by atoms with van der Waals surface area (Å²) in [6, 6.07) is -0.192. The molecule has 4 N–H and O–H groups in total. The third-order valence-corrected chi connectivity index (χ3v) is 4.26. The number of hydrogen-bond acceptors (Lipinski definition) is 4. The van der Waals surface area contributed by atoms with Crippen molar-refractivity contribution < 1.29 is 14.2 Å². The quantitative estimate of drug-likeness (QED) is 0.285. The first-order valence-electron chi connectivity index (χ1n) is 5.91. The molecular formula is C11H21N3O3S. The number of nitrogens with two attached hydrogens (primary N) is 1. The first-order chi connectivity index (χ1) is 8.31. The van der Waals surface area contributed by atoms with Crippen LogP contribution in [0, 0.1) is 11.3 Å². The summed E-state index contributed by atoms with van der Waals surface area (Å²) in [4.78, 5) is 12.2. The van der Waals surface area contributed by atoms with Crippen molar-refractivity contribution in [3.05, 3.63) is 0 Å². The monoisotopic (exact) mass is 275 g/mol. The van der Waals surface area contributed by atoms with E-state index in [2.05, 4.69) is 10.5 Å². The Hall–Kier alpha value is -1.11. The lowest BCUT2D eigenvalue weighted by Crippen LogP contribution is -2.58. The van der Waals surface area contributed by atoms with Gasteiger partial charge in [0.05, 0.1) is 0 Å². The van der Waals surface area contributed by atoms with Crippen molar-refractivity contribution in [1.82, 2.24) is 5.32 Å². The zero-order valence-electron chi connectivity index (χ0n) is 11.0. The number of carbonyl (C=O) groups is 1. The number of rotatable bonds is 5. The molecule has 1 saturated carbocycles. The van der Waals surface area contributed by atoms with Gasteiger partial charge < -0.3 is 16.3 Å². The molecule has 0 aromatic rings. The second-order valence-electron chi connectivity index (χ2n) is 5.20. The number of carbonyl (C=O) groups excluding carboxylic acids is 1. The molecule has 0 saturated heterocycles. The maximum absolute atomic E-state index is 12.2. The average Bonchev–Trinajstić information content (AvgIpc) is 2.21. The topological polar surface area (TPSA) is 105 Å². The van der Waals surface area contributed by atoms with Crippen molar-refractivity contribution in [2.24, 2.45) is 22.2 Å². The van der Waals surface area contributed by atoms with E-state index in [0.717, 1.165) is 0 Å². The normalized spacial score (nSPS) is 31.3. The van der Waals surface area contributed by atoms with E-state index in [-0.39, 0.29) is 17.8 Å². The van der Waals surface area contributed by atoms with Crippen molar-refractivity contribution in [3.63, 3.8) is 0 Å². The zero-order chi connectivity index (χ0) is 13.9. The van der Waals surface area contributed by atoms with Gasteiger partial charge in [-0.1, -0.05) is 12.1 Å². The van der Waals surface area contributed by atoms with Gasteiger partial charge in [-0.2, -0.15) is 0 Å². The molecule has 1 aliphatic rings. The van der Waals surface area contributed by atoms with Crippen LogP contribution in [-0.2, 0) is 15.6 Å². The molecule has 1 rings (SSSR count). The highest BCUT2D eigenvalue weighted by atomic mass is 32.2. The van der Waals surface area contributed by atoms with E-state index >= 15 is 0 Å². The summed E-state index contributed by atoms with van der Waals surface area (Å²) in [5.74, 6) is 0.497. The molecule has 1 fully saturated rings. The Morgan fingerprint density at radius 2 is 2.22 bits per heavy atom. The molecule has 2 unspecified atom stereocenters. The minimum Gasteiger partial charge on any atom is -0.409 e. The van der Waals surface area contributed by atoms with E-state index in [0.29, 0.717) is 24.5 Å². The van der Waals surface area contributed by atoms with Crippen LogP contribution >= 0.6 is 0 Å². The van der Waals surface area contributed by atoms with Gasteiger partial charge in [0.25, 0.3) is 0 Å². The number of amidine groups is 1. The van der Waals surface area contributed by atoms with E-state index < -0.39 is 16.2 Å². The number of nitrogens with one attached hydrogen (secondary N) is 1. The van der Waals surface area contributed by atoms with Crippen LogP contribution in [0.25, 0.3) is 0 Å². The predicted octanol–water partition coefficient (Wildman–Crippen LogP) is 0.0323. The summed E-state index contributed by atoms with van der Waals surface area (Å²) < 4.78 is 11.1. The number of nitrogens with zero attached hydrogens (tertiary/aromatic N) is 1. The smallest absolute Gasteiger partial charge is 0.234 e. The van der Waals surface area contributed by atoms with Crippen LogP contribution in [-0.4, -0.2) is 39.2 Å². The van der Waals surface area contributed by atoms with Gasteiger partial charge in [-0.15, -0.1) is 0 Å². The molecular weight excluding hydrogens is 254 g/mol. The molecule has 0 bridgehead atoms. The van der Waals surface area contributed by atoms with E-state index in [9.17, 15) is 9.00 Å².